The maximum atomic E-state index is 12.7. The van der Waals surface area contributed by atoms with E-state index in [9.17, 15) is 4.79 Å². The molecule has 0 amide bonds. The maximum absolute atomic E-state index is 12.7. The molecule has 1 nitrogen and oxygen atoms in total. The molecular weight excluding hydrogens is 356 g/mol. The van der Waals surface area contributed by atoms with Crippen LogP contribution >= 0.6 is 38.9 Å². The lowest BCUT2D eigenvalue weighted by atomic mass is 10.0. The maximum Gasteiger partial charge on any atom is 0.195 e. The van der Waals surface area contributed by atoms with Crippen LogP contribution in [0, 0.1) is 6.92 Å². The topological polar surface area (TPSA) is 17.1 Å². The molecule has 1 heterocycles. The van der Waals surface area contributed by atoms with Crippen molar-refractivity contribution in [3.8, 4) is 0 Å². The predicted octanol–water partition coefficient (Wildman–Crippen LogP) is 5.86. The molecule has 4 heteroatoms. The Morgan fingerprint density at radius 2 is 2.00 bits per heavy atom. The summed E-state index contributed by atoms with van der Waals surface area (Å²) in [6, 6.07) is 11.4. The van der Waals surface area contributed by atoms with Gasteiger partial charge in [-0.3, -0.25) is 4.79 Å². The third-order valence-electron chi connectivity index (χ3n) is 3.17. The lowest BCUT2D eigenvalue weighted by molar-refractivity contribution is 0.104. The van der Waals surface area contributed by atoms with Crippen molar-refractivity contribution in [1.29, 1.82) is 0 Å². The Balaban J connectivity index is 2.16. The molecule has 1 aromatic heterocycles. The number of carbonyl (C=O) groups is 1. The van der Waals surface area contributed by atoms with E-state index in [1.807, 2.05) is 42.6 Å². The van der Waals surface area contributed by atoms with Crippen LogP contribution in [-0.4, -0.2) is 5.78 Å². The van der Waals surface area contributed by atoms with E-state index in [2.05, 4.69) is 15.9 Å². The molecule has 3 rings (SSSR count). The van der Waals surface area contributed by atoms with E-state index < -0.39 is 0 Å². The van der Waals surface area contributed by atoms with Crippen molar-refractivity contribution in [1.82, 2.24) is 0 Å². The van der Waals surface area contributed by atoms with E-state index >= 15 is 0 Å². The zero-order valence-corrected chi connectivity index (χ0v) is 13.8. The van der Waals surface area contributed by atoms with E-state index in [1.165, 1.54) is 0 Å². The van der Waals surface area contributed by atoms with E-state index in [1.54, 1.807) is 17.4 Å². The first kappa shape index (κ1) is 13.8. The predicted molar refractivity (Wildman–Crippen MR) is 89.1 cm³/mol. The first-order chi connectivity index (χ1) is 9.58. The molecular formula is C16H10BrClOS. The smallest absolute Gasteiger partial charge is 0.195 e. The highest BCUT2D eigenvalue weighted by molar-refractivity contribution is 9.10. The van der Waals surface area contributed by atoms with Gasteiger partial charge < -0.3 is 0 Å². The van der Waals surface area contributed by atoms with Gasteiger partial charge in [0.25, 0.3) is 0 Å². The van der Waals surface area contributed by atoms with E-state index in [4.69, 9.17) is 11.6 Å². The lowest BCUT2D eigenvalue weighted by Gasteiger charge is -2.04. The Bertz CT molecular complexity index is 822. The molecule has 0 spiro atoms. The molecule has 0 unspecified atom stereocenters. The first-order valence-electron chi connectivity index (χ1n) is 6.04. The second kappa shape index (κ2) is 5.32. The van der Waals surface area contributed by atoms with Crippen LogP contribution in [0.15, 0.2) is 46.3 Å². The number of fused-ring (bicyclic) bond motifs is 1. The Morgan fingerprint density at radius 3 is 2.75 bits per heavy atom. The molecule has 0 saturated heterocycles. The third-order valence-corrected chi connectivity index (χ3v) is 5.43. The van der Waals surface area contributed by atoms with Crippen LogP contribution in [0.3, 0.4) is 0 Å². The summed E-state index contributed by atoms with van der Waals surface area (Å²) in [5.41, 5.74) is 2.30. The van der Waals surface area contributed by atoms with Crippen molar-refractivity contribution in [2.24, 2.45) is 0 Å². The molecule has 0 aliphatic carbocycles. The van der Waals surface area contributed by atoms with Crippen molar-refractivity contribution < 1.29 is 4.79 Å². The fraction of sp³-hybridized carbons (Fsp3) is 0.0625. The van der Waals surface area contributed by atoms with Crippen LogP contribution in [0.4, 0.5) is 0 Å². The number of hydrogen-bond acceptors (Lipinski definition) is 2. The van der Waals surface area contributed by atoms with Crippen LogP contribution in [0.5, 0.6) is 0 Å². The molecule has 0 radical (unpaired) electrons. The molecule has 0 bridgehead atoms. The molecule has 100 valence electrons. The Hall–Kier alpha value is -1.16. The average molecular weight is 366 g/mol. The van der Waals surface area contributed by atoms with E-state index in [0.717, 1.165) is 20.1 Å². The number of carbonyl (C=O) groups excluding carboxylic acids is 1. The summed E-state index contributed by atoms with van der Waals surface area (Å²) in [5, 5.41) is 3.36. The highest BCUT2D eigenvalue weighted by Gasteiger charge is 2.17. The van der Waals surface area contributed by atoms with Gasteiger partial charge in [0.2, 0.25) is 0 Å². The van der Waals surface area contributed by atoms with Gasteiger partial charge in [-0.1, -0.05) is 29.8 Å². The lowest BCUT2D eigenvalue weighted by Crippen LogP contribution is -2.01. The quantitative estimate of drug-likeness (QED) is 0.520. The third kappa shape index (κ3) is 2.30. The number of thiophene rings is 1. The monoisotopic (exact) mass is 364 g/mol. The van der Waals surface area contributed by atoms with Crippen molar-refractivity contribution in [2.45, 2.75) is 6.92 Å². The van der Waals surface area contributed by atoms with Crippen molar-refractivity contribution >= 4 is 54.7 Å². The van der Waals surface area contributed by atoms with Crippen molar-refractivity contribution in [3.63, 3.8) is 0 Å². The number of benzene rings is 2. The zero-order valence-electron chi connectivity index (χ0n) is 10.6. The minimum atomic E-state index is -0.0284. The molecule has 0 fully saturated rings. The Morgan fingerprint density at radius 1 is 1.20 bits per heavy atom. The van der Waals surface area contributed by atoms with Gasteiger partial charge in [-0.2, -0.15) is 0 Å². The molecule has 0 N–H and O–H groups in total. The van der Waals surface area contributed by atoms with Crippen LogP contribution in [0.2, 0.25) is 5.02 Å². The minimum Gasteiger partial charge on any atom is -0.289 e. The molecule has 3 aromatic rings. The first-order valence-corrected chi connectivity index (χ1v) is 8.09. The summed E-state index contributed by atoms with van der Waals surface area (Å²) in [6.07, 6.45) is 0. The van der Waals surface area contributed by atoms with Crippen molar-refractivity contribution in [3.05, 3.63) is 68.0 Å². The summed E-state index contributed by atoms with van der Waals surface area (Å²) in [4.78, 5) is 12.7. The fourth-order valence-corrected chi connectivity index (χ4v) is 4.07. The summed E-state index contributed by atoms with van der Waals surface area (Å²) in [6.45, 7) is 1.96. The minimum absolute atomic E-state index is 0.0284. The van der Waals surface area contributed by atoms with Crippen LogP contribution in [-0.2, 0) is 0 Å². The summed E-state index contributed by atoms with van der Waals surface area (Å²) < 4.78 is 2.09. The number of rotatable bonds is 2. The van der Waals surface area contributed by atoms with E-state index in [0.29, 0.717) is 16.1 Å². The highest BCUT2D eigenvalue weighted by Crippen LogP contribution is 2.34. The molecule has 2 aromatic carbocycles. The molecule has 20 heavy (non-hydrogen) atoms. The van der Waals surface area contributed by atoms with Gasteiger partial charge >= 0.3 is 0 Å². The standard InChI is InChI=1S/C16H10BrClOS/c1-9-5-6-11(14(18)7-9)15(19)12-8-20-16-10(12)3-2-4-13(16)17/h2-8H,1H3. The van der Waals surface area contributed by atoms with Crippen LogP contribution in [0.1, 0.15) is 21.5 Å². The summed E-state index contributed by atoms with van der Waals surface area (Å²) >= 11 is 11.3. The second-order valence-corrected chi connectivity index (χ2v) is 6.72. The Labute approximate surface area is 134 Å². The summed E-state index contributed by atoms with van der Waals surface area (Å²) in [5.74, 6) is -0.0284. The number of halogens is 2. The highest BCUT2D eigenvalue weighted by atomic mass is 79.9. The van der Waals surface area contributed by atoms with Gasteiger partial charge in [-0.25, -0.2) is 0 Å². The Kier molecular flexibility index (Phi) is 3.67. The van der Waals surface area contributed by atoms with Gasteiger partial charge in [0.05, 0.1) is 5.02 Å². The van der Waals surface area contributed by atoms with Gasteiger partial charge in [0, 0.05) is 31.1 Å². The average Bonchev–Trinajstić information content (AvgIpc) is 2.83. The fourth-order valence-electron chi connectivity index (χ4n) is 2.15. The second-order valence-electron chi connectivity index (χ2n) is 4.58. The SMILES string of the molecule is Cc1ccc(C(=O)c2csc3c(Br)cccc23)c(Cl)c1. The molecule has 0 aliphatic heterocycles. The zero-order chi connectivity index (χ0) is 14.3. The van der Waals surface area contributed by atoms with Crippen LogP contribution < -0.4 is 0 Å². The molecule has 0 saturated carbocycles. The van der Waals surface area contributed by atoms with Crippen LogP contribution in [0.25, 0.3) is 10.1 Å². The van der Waals surface area contributed by atoms with Gasteiger partial charge in [0.1, 0.15) is 0 Å². The number of ketones is 1. The largest absolute Gasteiger partial charge is 0.289 e. The summed E-state index contributed by atoms with van der Waals surface area (Å²) in [7, 11) is 0. The molecule has 0 atom stereocenters. The number of hydrogen-bond donors (Lipinski definition) is 0. The van der Waals surface area contributed by atoms with Crippen molar-refractivity contribution in [2.75, 3.05) is 0 Å². The normalized spacial score (nSPS) is 10.9. The van der Waals surface area contributed by atoms with E-state index in [-0.39, 0.29) is 5.78 Å². The van der Waals surface area contributed by atoms with Gasteiger partial charge in [-0.05, 0) is 46.6 Å². The molecule has 0 aliphatic rings. The van der Waals surface area contributed by atoms with Gasteiger partial charge in [0.15, 0.2) is 5.78 Å². The number of aryl methyl sites for hydroxylation is 1. The van der Waals surface area contributed by atoms with Gasteiger partial charge in [-0.15, -0.1) is 11.3 Å².